The van der Waals surface area contributed by atoms with Crippen molar-refractivity contribution in [3.05, 3.63) is 70.6 Å². The standard InChI is InChI=1S/C34H36BrN9O3/c1-20(45)31-24-12-25(23-15-36-21(2)37-16-23)38-17-27(24)43(41-31)18-30(46)44-26-13-34(14-28(34)44)19-42(3)11-7-5-4-6-8-22-9-10-29(35)39-32(22)40-33(26)47/h4,6,9-10,12,15-17,26,28H,5,7-8,11,13-14,18-19H2,1-3H3,(H,39,40,47)/b6-4-/t26-,28+,34-/m0/s1. The van der Waals surface area contributed by atoms with Crippen LogP contribution in [-0.2, 0) is 22.6 Å². The Hall–Kier alpha value is -4.36. The zero-order valence-electron chi connectivity index (χ0n) is 26.6. The van der Waals surface area contributed by atoms with Crippen LogP contribution in [0.15, 0.2) is 53.5 Å². The zero-order valence-corrected chi connectivity index (χ0v) is 28.2. The second kappa shape index (κ2) is 12.3. The summed E-state index contributed by atoms with van der Waals surface area (Å²) in [5.41, 5.74) is 2.88. The first kappa shape index (κ1) is 31.3. The van der Waals surface area contributed by atoms with E-state index in [1.165, 1.54) is 11.6 Å². The van der Waals surface area contributed by atoms with Crippen molar-refractivity contribution in [3.8, 4) is 11.3 Å². The number of nitrogens with zero attached hydrogens (tertiary/aromatic N) is 8. The third kappa shape index (κ3) is 6.09. The average Bonchev–Trinajstić information content (AvgIpc) is 3.44. The van der Waals surface area contributed by atoms with Crippen LogP contribution in [0.3, 0.4) is 0 Å². The third-order valence-corrected chi connectivity index (χ3v) is 9.97. The van der Waals surface area contributed by atoms with Gasteiger partial charge < -0.3 is 15.1 Å². The largest absolute Gasteiger partial charge is 0.325 e. The molecule has 242 valence electrons. The summed E-state index contributed by atoms with van der Waals surface area (Å²) in [5.74, 6) is 0.443. The van der Waals surface area contributed by atoms with Gasteiger partial charge in [0.1, 0.15) is 34.5 Å². The van der Waals surface area contributed by atoms with E-state index in [2.05, 4.69) is 70.4 Å². The Morgan fingerprint density at radius 1 is 1.11 bits per heavy atom. The monoisotopic (exact) mass is 697 g/mol. The Kier molecular flexibility index (Phi) is 8.21. The zero-order chi connectivity index (χ0) is 32.9. The molecule has 0 aromatic carbocycles. The molecule has 2 fully saturated rings. The SMILES string of the molecule is CC(=O)c1nn(CC(=O)N2[C@H]3C[C@]4(C[C@@H]24)CN(C)CCC/C=C\Cc2ccc(Br)nc2NC3=O)c2cnc(-c3cnc(C)nc3)cc12. The Morgan fingerprint density at radius 3 is 2.70 bits per heavy atom. The van der Waals surface area contributed by atoms with E-state index in [4.69, 9.17) is 0 Å². The van der Waals surface area contributed by atoms with Gasteiger partial charge in [-0.15, -0.1) is 0 Å². The van der Waals surface area contributed by atoms with Crippen LogP contribution in [0.5, 0.6) is 0 Å². The van der Waals surface area contributed by atoms with Crippen LogP contribution >= 0.6 is 15.9 Å². The van der Waals surface area contributed by atoms with Crippen LogP contribution in [0.25, 0.3) is 22.2 Å². The summed E-state index contributed by atoms with van der Waals surface area (Å²) in [5, 5.41) is 8.24. The number of piperidine rings is 1. The molecule has 1 saturated carbocycles. The lowest BCUT2D eigenvalue weighted by Crippen LogP contribution is -2.47. The lowest BCUT2D eigenvalue weighted by atomic mass is 9.98. The van der Waals surface area contributed by atoms with Gasteiger partial charge in [-0.05, 0) is 86.2 Å². The number of pyridine rings is 2. The minimum atomic E-state index is -0.663. The first-order valence-electron chi connectivity index (χ1n) is 15.9. The number of rotatable bonds is 4. The van der Waals surface area contributed by atoms with Crippen molar-refractivity contribution in [1.82, 2.24) is 39.5 Å². The lowest BCUT2D eigenvalue weighted by molar-refractivity contribution is -0.138. The van der Waals surface area contributed by atoms with Crippen molar-refractivity contribution in [2.45, 2.75) is 64.6 Å². The predicted molar refractivity (Wildman–Crippen MR) is 180 cm³/mol. The average molecular weight is 699 g/mol. The number of anilines is 1. The number of hydrogen-bond donors (Lipinski definition) is 1. The number of fused-ring (bicyclic) bond motifs is 3. The highest BCUT2D eigenvalue weighted by Gasteiger charge is 2.67. The number of allylic oxidation sites excluding steroid dienone is 2. The highest BCUT2D eigenvalue weighted by atomic mass is 79.9. The first-order chi connectivity index (χ1) is 22.6. The summed E-state index contributed by atoms with van der Waals surface area (Å²) >= 11 is 3.44. The van der Waals surface area contributed by atoms with Gasteiger partial charge in [0.2, 0.25) is 11.8 Å². The van der Waals surface area contributed by atoms with E-state index >= 15 is 0 Å². The van der Waals surface area contributed by atoms with Gasteiger partial charge in [-0.25, -0.2) is 15.0 Å². The van der Waals surface area contributed by atoms with Crippen LogP contribution in [0.2, 0.25) is 0 Å². The van der Waals surface area contributed by atoms with Crippen molar-refractivity contribution in [2.75, 3.05) is 25.5 Å². The topological polar surface area (TPSA) is 139 Å². The van der Waals surface area contributed by atoms with Gasteiger partial charge in [0.25, 0.3) is 0 Å². The van der Waals surface area contributed by atoms with Gasteiger partial charge >= 0.3 is 0 Å². The number of amides is 2. The van der Waals surface area contributed by atoms with Crippen LogP contribution in [-0.4, -0.2) is 89.3 Å². The quantitative estimate of drug-likeness (QED) is 0.187. The predicted octanol–water partition coefficient (Wildman–Crippen LogP) is 4.38. The molecule has 2 bridgehead atoms. The van der Waals surface area contributed by atoms with Crippen molar-refractivity contribution in [2.24, 2.45) is 5.41 Å². The summed E-state index contributed by atoms with van der Waals surface area (Å²) in [4.78, 5) is 62.8. The number of aryl methyl sites for hydroxylation is 1. The molecule has 3 aliphatic rings. The molecule has 0 radical (unpaired) electrons. The molecule has 3 atom stereocenters. The highest BCUT2D eigenvalue weighted by molar-refractivity contribution is 9.10. The maximum atomic E-state index is 14.3. The van der Waals surface area contributed by atoms with Crippen molar-refractivity contribution in [1.29, 1.82) is 0 Å². The maximum absolute atomic E-state index is 14.3. The van der Waals surface area contributed by atoms with Crippen LogP contribution < -0.4 is 5.32 Å². The molecule has 7 rings (SSSR count). The molecule has 2 aliphatic heterocycles. The smallest absolute Gasteiger partial charge is 0.248 e. The number of carbonyl (C=O) groups excluding carboxylic acids is 3. The number of Topliss-reactive ketones (excluding diaryl/α,β-unsaturated/α-hetero) is 1. The van der Waals surface area contributed by atoms with Gasteiger partial charge in [-0.3, -0.25) is 24.0 Å². The minimum Gasteiger partial charge on any atom is -0.325 e. The van der Waals surface area contributed by atoms with Crippen molar-refractivity contribution in [3.63, 3.8) is 0 Å². The van der Waals surface area contributed by atoms with E-state index in [-0.39, 0.29) is 41.3 Å². The van der Waals surface area contributed by atoms with Gasteiger partial charge in [0.05, 0.1) is 17.4 Å². The number of carbonyl (C=O) groups is 3. The van der Waals surface area contributed by atoms with Crippen LogP contribution in [0, 0.1) is 12.3 Å². The number of aromatic nitrogens is 6. The molecule has 6 heterocycles. The van der Waals surface area contributed by atoms with Crippen LogP contribution in [0.1, 0.15) is 54.5 Å². The second-order valence-electron chi connectivity index (χ2n) is 13.0. The van der Waals surface area contributed by atoms with Gasteiger partial charge in [0.15, 0.2) is 5.78 Å². The summed E-state index contributed by atoms with van der Waals surface area (Å²) in [6.45, 7) is 4.88. The molecule has 1 N–H and O–H groups in total. The van der Waals surface area contributed by atoms with Gasteiger partial charge in [0, 0.05) is 48.3 Å². The Morgan fingerprint density at radius 2 is 1.91 bits per heavy atom. The molecule has 1 spiro atoms. The van der Waals surface area contributed by atoms with Crippen molar-refractivity contribution < 1.29 is 14.4 Å². The summed E-state index contributed by atoms with van der Waals surface area (Å²) in [7, 11) is 2.12. The van der Waals surface area contributed by atoms with E-state index in [0.29, 0.717) is 51.2 Å². The van der Waals surface area contributed by atoms with E-state index < -0.39 is 6.04 Å². The highest BCUT2D eigenvalue weighted by Crippen LogP contribution is 2.60. The molecule has 0 unspecified atom stereocenters. The number of hydrogen-bond acceptors (Lipinski definition) is 9. The second-order valence-corrected chi connectivity index (χ2v) is 13.8. The lowest BCUT2D eigenvalue weighted by Gasteiger charge is -2.27. The number of ketones is 1. The van der Waals surface area contributed by atoms with Crippen molar-refractivity contribution >= 4 is 50.2 Å². The van der Waals surface area contributed by atoms with E-state index in [0.717, 1.165) is 37.9 Å². The fraction of sp³-hybridized carbons (Fsp3) is 0.412. The molecule has 4 aromatic heterocycles. The molecule has 13 heteroatoms. The molecule has 4 aromatic rings. The minimum absolute atomic E-state index is 0.0590. The first-order valence-corrected chi connectivity index (χ1v) is 16.7. The van der Waals surface area contributed by atoms with E-state index in [1.54, 1.807) is 36.5 Å². The Balaban J connectivity index is 1.21. The fourth-order valence-corrected chi connectivity index (χ4v) is 7.46. The number of nitrogens with one attached hydrogen (secondary N) is 1. The summed E-state index contributed by atoms with van der Waals surface area (Å²) in [6, 6.07) is 4.89. The number of likely N-dealkylation sites (tertiary alicyclic amines) is 1. The van der Waals surface area contributed by atoms with E-state index in [1.807, 2.05) is 12.1 Å². The van der Waals surface area contributed by atoms with Gasteiger partial charge in [-0.1, -0.05) is 18.2 Å². The van der Waals surface area contributed by atoms with E-state index in [9.17, 15) is 14.4 Å². The molecular weight excluding hydrogens is 662 g/mol. The summed E-state index contributed by atoms with van der Waals surface area (Å²) in [6.07, 6.45) is 13.4. The maximum Gasteiger partial charge on any atom is 0.248 e. The molecule has 2 amide bonds. The van der Waals surface area contributed by atoms with Crippen LogP contribution in [0.4, 0.5) is 5.82 Å². The number of halogens is 1. The third-order valence-electron chi connectivity index (χ3n) is 9.53. The fourth-order valence-electron chi connectivity index (χ4n) is 7.15. The normalized spacial score (nSPS) is 23.7. The molecule has 1 aliphatic carbocycles. The van der Waals surface area contributed by atoms with Gasteiger partial charge in [-0.2, -0.15) is 5.10 Å². The Bertz CT molecular complexity index is 1920. The molecule has 47 heavy (non-hydrogen) atoms. The molecule has 12 nitrogen and oxygen atoms in total. The molecular formula is C34H36BrN9O3. The summed E-state index contributed by atoms with van der Waals surface area (Å²) < 4.78 is 2.16. The Labute approximate surface area is 280 Å². The molecule has 1 saturated heterocycles.